The maximum Gasteiger partial charge on any atom is 0.166 e. The van der Waals surface area contributed by atoms with Gasteiger partial charge in [-0.3, -0.25) is 0 Å². The van der Waals surface area contributed by atoms with Crippen molar-refractivity contribution in [3.05, 3.63) is 28.5 Å². The molecule has 0 saturated heterocycles. The van der Waals surface area contributed by atoms with Crippen LogP contribution in [0.2, 0.25) is 5.02 Å². The molecule has 0 aromatic heterocycles. The molecule has 2 rings (SSSR count). The summed E-state index contributed by atoms with van der Waals surface area (Å²) in [6.07, 6.45) is 2.07. The molecule has 1 aliphatic rings. The zero-order valence-corrected chi connectivity index (χ0v) is 9.48. The average molecular weight is 252 g/mol. The molecule has 2 nitrogen and oxygen atoms in total. The van der Waals surface area contributed by atoms with E-state index < -0.39 is 5.82 Å². The van der Waals surface area contributed by atoms with Crippen molar-refractivity contribution in [3.8, 4) is 5.75 Å². The highest BCUT2D eigenvalue weighted by molar-refractivity contribution is 6.30. The van der Waals surface area contributed by atoms with Crippen LogP contribution in [-0.2, 0) is 0 Å². The second-order valence-electron chi connectivity index (χ2n) is 3.69. The van der Waals surface area contributed by atoms with Crippen LogP contribution in [0.3, 0.4) is 0 Å². The molecule has 0 spiro atoms. The minimum absolute atomic E-state index is 0. The maximum atomic E-state index is 13.1. The quantitative estimate of drug-likeness (QED) is 0.849. The Labute approximate surface area is 98.6 Å². The second-order valence-corrected chi connectivity index (χ2v) is 4.13. The van der Waals surface area contributed by atoms with E-state index in [0.717, 1.165) is 18.9 Å². The number of phenols is 1. The highest BCUT2D eigenvalue weighted by Gasteiger charge is 2.31. The van der Waals surface area contributed by atoms with Gasteiger partial charge in [0.25, 0.3) is 0 Å². The van der Waals surface area contributed by atoms with Crippen molar-refractivity contribution in [2.24, 2.45) is 11.7 Å². The first-order valence-corrected chi connectivity index (χ1v) is 4.91. The molecule has 0 aliphatic heterocycles. The highest BCUT2D eigenvalue weighted by Crippen LogP contribution is 2.43. The summed E-state index contributed by atoms with van der Waals surface area (Å²) in [5.41, 5.74) is 6.27. The van der Waals surface area contributed by atoms with E-state index in [9.17, 15) is 9.50 Å². The number of rotatable bonds is 2. The van der Waals surface area contributed by atoms with Crippen molar-refractivity contribution < 1.29 is 9.50 Å². The van der Waals surface area contributed by atoms with Crippen LogP contribution in [0.25, 0.3) is 0 Å². The number of nitrogens with two attached hydrogens (primary N) is 1. The molecule has 0 radical (unpaired) electrons. The Balaban J connectivity index is 0.00000112. The average Bonchev–Trinajstić information content (AvgIpc) is 2.93. The van der Waals surface area contributed by atoms with Crippen molar-refractivity contribution >= 4 is 24.0 Å². The lowest BCUT2D eigenvalue weighted by Crippen LogP contribution is -2.12. The molecule has 0 amide bonds. The third-order valence-corrected chi connectivity index (χ3v) is 2.76. The molecular weight excluding hydrogens is 240 g/mol. The molecule has 5 heteroatoms. The molecule has 0 bridgehead atoms. The predicted molar refractivity (Wildman–Crippen MR) is 60.0 cm³/mol. The van der Waals surface area contributed by atoms with Crippen LogP contribution in [0.5, 0.6) is 5.75 Å². The molecule has 1 aromatic carbocycles. The molecular formula is C10H12Cl2FNO. The maximum absolute atomic E-state index is 13.1. The summed E-state index contributed by atoms with van der Waals surface area (Å²) in [6, 6.07) is 2.31. The Morgan fingerprint density at radius 1 is 1.47 bits per heavy atom. The Kier molecular flexibility index (Phi) is 3.82. The standard InChI is InChI=1S/C10H11ClFNO.ClH/c11-6-3-7(9(13)5-1-2-5)10(14)8(12)4-6;/h3-5,9,14H,1-2,13H2;1H/t9-;/m1./s1. The fourth-order valence-corrected chi connectivity index (χ4v) is 1.76. The Morgan fingerprint density at radius 3 is 2.60 bits per heavy atom. The fourth-order valence-electron chi connectivity index (χ4n) is 1.55. The Morgan fingerprint density at radius 2 is 2.07 bits per heavy atom. The van der Waals surface area contributed by atoms with Crippen molar-refractivity contribution in [3.63, 3.8) is 0 Å². The molecule has 1 saturated carbocycles. The van der Waals surface area contributed by atoms with Crippen molar-refractivity contribution in [2.75, 3.05) is 0 Å². The number of aromatic hydroxyl groups is 1. The molecule has 15 heavy (non-hydrogen) atoms. The van der Waals surface area contributed by atoms with Crippen LogP contribution in [0.1, 0.15) is 24.4 Å². The van der Waals surface area contributed by atoms with Gasteiger partial charge in [0.2, 0.25) is 0 Å². The summed E-state index contributed by atoms with van der Waals surface area (Å²) in [5.74, 6) is -0.712. The first-order valence-electron chi connectivity index (χ1n) is 4.53. The van der Waals surface area contributed by atoms with Gasteiger partial charge in [-0.25, -0.2) is 4.39 Å². The molecule has 84 valence electrons. The van der Waals surface area contributed by atoms with Gasteiger partial charge in [-0.2, -0.15) is 0 Å². The minimum Gasteiger partial charge on any atom is -0.505 e. The molecule has 1 fully saturated rings. The third kappa shape index (κ3) is 2.54. The number of hydrogen-bond donors (Lipinski definition) is 2. The van der Waals surface area contributed by atoms with Crippen LogP contribution in [0.4, 0.5) is 4.39 Å². The van der Waals surface area contributed by atoms with Gasteiger partial charge in [-0.1, -0.05) is 11.6 Å². The van der Waals surface area contributed by atoms with E-state index in [4.69, 9.17) is 17.3 Å². The first kappa shape index (κ1) is 12.6. The van der Waals surface area contributed by atoms with Gasteiger partial charge in [0.15, 0.2) is 11.6 Å². The molecule has 1 aliphatic carbocycles. The van der Waals surface area contributed by atoms with E-state index in [-0.39, 0.29) is 29.2 Å². The van der Waals surface area contributed by atoms with Crippen molar-refractivity contribution in [1.82, 2.24) is 0 Å². The smallest absolute Gasteiger partial charge is 0.166 e. The lowest BCUT2D eigenvalue weighted by molar-refractivity contribution is 0.417. The van der Waals surface area contributed by atoms with Crippen LogP contribution >= 0.6 is 24.0 Å². The van der Waals surface area contributed by atoms with Gasteiger partial charge in [0, 0.05) is 16.6 Å². The van der Waals surface area contributed by atoms with Gasteiger partial charge in [0.1, 0.15) is 0 Å². The molecule has 0 unspecified atom stereocenters. The van der Waals surface area contributed by atoms with Crippen LogP contribution in [0, 0.1) is 11.7 Å². The van der Waals surface area contributed by atoms with Crippen LogP contribution < -0.4 is 5.73 Å². The number of benzene rings is 1. The third-order valence-electron chi connectivity index (χ3n) is 2.55. The van der Waals surface area contributed by atoms with Crippen molar-refractivity contribution in [1.29, 1.82) is 0 Å². The summed E-state index contributed by atoms with van der Waals surface area (Å²) in [7, 11) is 0. The molecule has 0 heterocycles. The van der Waals surface area contributed by atoms with Gasteiger partial charge in [-0.15, -0.1) is 12.4 Å². The summed E-state index contributed by atoms with van der Waals surface area (Å²) in [6.45, 7) is 0. The van der Waals surface area contributed by atoms with Crippen LogP contribution in [0.15, 0.2) is 12.1 Å². The van der Waals surface area contributed by atoms with E-state index in [0.29, 0.717) is 11.5 Å². The summed E-state index contributed by atoms with van der Waals surface area (Å²) in [5, 5.41) is 9.73. The molecule has 1 atom stereocenters. The highest BCUT2D eigenvalue weighted by atomic mass is 35.5. The molecule has 3 N–H and O–H groups in total. The molecule has 1 aromatic rings. The monoisotopic (exact) mass is 251 g/mol. The second kappa shape index (κ2) is 4.56. The van der Waals surface area contributed by atoms with E-state index in [1.54, 1.807) is 0 Å². The van der Waals surface area contributed by atoms with E-state index in [1.807, 2.05) is 0 Å². The van der Waals surface area contributed by atoms with Gasteiger partial charge >= 0.3 is 0 Å². The Hall–Kier alpha value is -0.510. The van der Waals surface area contributed by atoms with E-state index >= 15 is 0 Å². The SMILES string of the molecule is Cl.N[C@@H](c1cc(Cl)cc(F)c1O)C1CC1. The lowest BCUT2D eigenvalue weighted by atomic mass is 10.0. The van der Waals surface area contributed by atoms with Crippen LogP contribution in [-0.4, -0.2) is 5.11 Å². The van der Waals surface area contributed by atoms with Crippen molar-refractivity contribution in [2.45, 2.75) is 18.9 Å². The lowest BCUT2D eigenvalue weighted by Gasteiger charge is -2.13. The fraction of sp³-hybridized carbons (Fsp3) is 0.400. The summed E-state index contributed by atoms with van der Waals surface area (Å²) < 4.78 is 13.1. The zero-order valence-electron chi connectivity index (χ0n) is 7.91. The number of phenolic OH excluding ortho intramolecular Hbond substituents is 1. The van der Waals surface area contributed by atoms with Gasteiger partial charge in [0.05, 0.1) is 0 Å². The first-order chi connectivity index (χ1) is 6.59. The largest absolute Gasteiger partial charge is 0.505 e. The minimum atomic E-state index is -0.705. The van der Waals surface area contributed by atoms with Gasteiger partial charge in [-0.05, 0) is 30.9 Å². The summed E-state index contributed by atoms with van der Waals surface area (Å²) >= 11 is 5.68. The number of hydrogen-bond acceptors (Lipinski definition) is 2. The number of halogens is 3. The van der Waals surface area contributed by atoms with E-state index in [1.165, 1.54) is 6.07 Å². The summed E-state index contributed by atoms with van der Waals surface area (Å²) in [4.78, 5) is 0. The normalized spacial score (nSPS) is 17.0. The van der Waals surface area contributed by atoms with Gasteiger partial charge < -0.3 is 10.8 Å². The Bertz CT molecular complexity index is 369. The zero-order chi connectivity index (χ0) is 10.3. The van der Waals surface area contributed by atoms with E-state index in [2.05, 4.69) is 0 Å². The predicted octanol–water partition coefficient (Wildman–Crippen LogP) is 3.02. The topological polar surface area (TPSA) is 46.2 Å².